The van der Waals surface area contributed by atoms with E-state index in [-0.39, 0.29) is 41.9 Å². The van der Waals surface area contributed by atoms with Crippen molar-refractivity contribution in [3.05, 3.63) is 29.3 Å². The second-order valence-electron chi connectivity index (χ2n) is 7.70. The first-order valence-corrected chi connectivity index (χ1v) is 10.8. The molecule has 2 amide bonds. The zero-order chi connectivity index (χ0) is 19.4. The first-order chi connectivity index (χ1) is 12.9. The Morgan fingerprint density at radius 3 is 2.59 bits per heavy atom. The summed E-state index contributed by atoms with van der Waals surface area (Å²) in [6, 6.07) is 6.13. The van der Waals surface area contributed by atoms with Crippen molar-refractivity contribution < 1.29 is 14.4 Å². The van der Waals surface area contributed by atoms with E-state index in [9.17, 15) is 14.4 Å². The fourth-order valence-electron chi connectivity index (χ4n) is 3.85. The number of aryl methyl sites for hydroxylation is 2. The zero-order valence-electron chi connectivity index (χ0n) is 16.1. The fraction of sp³-hybridized carbons (Fsp3) is 0.571. The molecule has 1 aliphatic heterocycles. The molecule has 0 aromatic heterocycles. The topological polar surface area (TPSA) is 66.5 Å². The fourth-order valence-corrected chi connectivity index (χ4v) is 4.81. The summed E-state index contributed by atoms with van der Waals surface area (Å²) in [6.45, 7) is 3.93. The van der Waals surface area contributed by atoms with Crippen molar-refractivity contribution in [2.45, 2.75) is 58.4 Å². The molecule has 0 bridgehead atoms. The first-order valence-electron chi connectivity index (χ1n) is 9.77. The molecule has 1 atom stereocenters. The molecule has 0 spiro atoms. The lowest BCUT2D eigenvalue weighted by Gasteiger charge is -2.28. The van der Waals surface area contributed by atoms with E-state index >= 15 is 0 Å². The molecule has 2 aliphatic rings. The average Bonchev–Trinajstić information content (AvgIpc) is 3.08. The molecule has 1 saturated carbocycles. The number of thioether (sulfide) groups is 1. The van der Waals surface area contributed by atoms with E-state index in [0.717, 1.165) is 42.5 Å². The number of amides is 2. The highest BCUT2D eigenvalue weighted by Crippen LogP contribution is 2.30. The van der Waals surface area contributed by atoms with E-state index in [1.165, 1.54) is 18.2 Å². The minimum Gasteiger partial charge on any atom is -0.352 e. The minimum absolute atomic E-state index is 0.00891. The number of nitrogens with zero attached hydrogens (tertiary/aromatic N) is 1. The van der Waals surface area contributed by atoms with Gasteiger partial charge in [0.15, 0.2) is 5.12 Å². The van der Waals surface area contributed by atoms with Crippen LogP contribution in [0.2, 0.25) is 0 Å². The molecular weight excluding hydrogens is 360 g/mol. The van der Waals surface area contributed by atoms with Crippen molar-refractivity contribution in [1.82, 2.24) is 5.32 Å². The monoisotopic (exact) mass is 388 g/mol. The van der Waals surface area contributed by atoms with Crippen LogP contribution >= 0.6 is 11.8 Å². The van der Waals surface area contributed by atoms with Gasteiger partial charge in [-0.05, 0) is 43.9 Å². The summed E-state index contributed by atoms with van der Waals surface area (Å²) in [6.07, 6.45) is 5.80. The van der Waals surface area contributed by atoms with E-state index in [1.807, 2.05) is 32.0 Å². The Kier molecular flexibility index (Phi) is 6.58. The molecule has 1 heterocycles. The van der Waals surface area contributed by atoms with Gasteiger partial charge in [0.05, 0.1) is 5.92 Å². The molecule has 2 fully saturated rings. The van der Waals surface area contributed by atoms with Crippen LogP contribution in [-0.4, -0.2) is 35.3 Å². The highest BCUT2D eigenvalue weighted by Gasteiger charge is 2.34. The summed E-state index contributed by atoms with van der Waals surface area (Å²) in [7, 11) is 0. The van der Waals surface area contributed by atoms with Gasteiger partial charge < -0.3 is 10.2 Å². The number of carbonyl (C=O) groups is 3. The van der Waals surface area contributed by atoms with Gasteiger partial charge in [-0.25, -0.2) is 0 Å². The van der Waals surface area contributed by atoms with Gasteiger partial charge in [-0.3, -0.25) is 14.4 Å². The van der Waals surface area contributed by atoms with E-state index in [1.54, 1.807) is 4.90 Å². The standard InChI is InChI=1S/C21H28N2O3S/c1-14-8-9-15(2)18(10-14)23(21(26)16-11-20(25)27-13-16)12-19(24)22-17-6-4-3-5-7-17/h8-10,16-17H,3-7,11-13H2,1-2H3,(H,22,24). The van der Waals surface area contributed by atoms with E-state index < -0.39 is 0 Å². The van der Waals surface area contributed by atoms with Crippen molar-refractivity contribution in [3.63, 3.8) is 0 Å². The summed E-state index contributed by atoms with van der Waals surface area (Å²) in [4.78, 5) is 39.1. The number of hydrogen-bond donors (Lipinski definition) is 1. The van der Waals surface area contributed by atoms with Crippen molar-refractivity contribution in [2.24, 2.45) is 5.92 Å². The normalized spacial score (nSPS) is 20.5. The van der Waals surface area contributed by atoms with Gasteiger partial charge in [-0.15, -0.1) is 0 Å². The molecule has 5 nitrogen and oxygen atoms in total. The van der Waals surface area contributed by atoms with Crippen molar-refractivity contribution in [1.29, 1.82) is 0 Å². The predicted molar refractivity (Wildman–Crippen MR) is 109 cm³/mol. The first kappa shape index (κ1) is 19.9. The molecule has 0 radical (unpaired) electrons. The number of nitrogens with one attached hydrogen (secondary N) is 1. The van der Waals surface area contributed by atoms with Crippen LogP contribution in [0.15, 0.2) is 18.2 Å². The largest absolute Gasteiger partial charge is 0.352 e. The van der Waals surface area contributed by atoms with Gasteiger partial charge in [-0.1, -0.05) is 43.2 Å². The highest BCUT2D eigenvalue weighted by molar-refractivity contribution is 8.14. The van der Waals surface area contributed by atoms with E-state index in [4.69, 9.17) is 0 Å². The summed E-state index contributed by atoms with van der Waals surface area (Å²) < 4.78 is 0. The van der Waals surface area contributed by atoms with Gasteiger partial charge in [0.1, 0.15) is 6.54 Å². The molecule has 6 heteroatoms. The van der Waals surface area contributed by atoms with Crippen LogP contribution in [0.5, 0.6) is 0 Å². The van der Waals surface area contributed by atoms with E-state index in [2.05, 4.69) is 5.32 Å². The Bertz CT molecular complexity index is 728. The Labute approximate surface area is 165 Å². The zero-order valence-corrected chi connectivity index (χ0v) is 16.9. The number of anilines is 1. The molecule has 1 aromatic carbocycles. The number of hydrogen-bond acceptors (Lipinski definition) is 4. The number of carbonyl (C=O) groups excluding carboxylic acids is 3. The average molecular weight is 389 g/mol. The summed E-state index contributed by atoms with van der Waals surface area (Å²) in [5.41, 5.74) is 2.76. The second-order valence-corrected chi connectivity index (χ2v) is 8.78. The number of rotatable bonds is 5. The molecule has 1 N–H and O–H groups in total. The summed E-state index contributed by atoms with van der Waals surface area (Å²) in [5.74, 6) is -0.0811. The van der Waals surface area contributed by atoms with Crippen LogP contribution in [0.25, 0.3) is 0 Å². The maximum absolute atomic E-state index is 13.2. The van der Waals surface area contributed by atoms with Crippen LogP contribution in [0.1, 0.15) is 49.7 Å². The molecule has 146 valence electrons. The van der Waals surface area contributed by atoms with Crippen LogP contribution in [0.4, 0.5) is 5.69 Å². The van der Waals surface area contributed by atoms with Gasteiger partial charge in [0.2, 0.25) is 11.8 Å². The van der Waals surface area contributed by atoms with Crippen molar-refractivity contribution in [3.8, 4) is 0 Å². The van der Waals surface area contributed by atoms with E-state index in [0.29, 0.717) is 5.75 Å². The van der Waals surface area contributed by atoms with Crippen molar-refractivity contribution >= 4 is 34.4 Å². The molecule has 1 saturated heterocycles. The maximum Gasteiger partial charge on any atom is 0.240 e. The molecular formula is C21H28N2O3S. The summed E-state index contributed by atoms with van der Waals surface area (Å²) in [5, 5.41) is 3.16. The highest BCUT2D eigenvalue weighted by atomic mass is 32.2. The predicted octanol–water partition coefficient (Wildman–Crippen LogP) is 3.37. The molecule has 1 aromatic rings. The SMILES string of the molecule is Cc1ccc(C)c(N(CC(=O)NC2CCCCC2)C(=O)C2CSC(=O)C2)c1. The van der Waals surface area contributed by atoms with Crippen LogP contribution in [0.3, 0.4) is 0 Å². The van der Waals surface area contributed by atoms with Gasteiger partial charge in [0.25, 0.3) is 0 Å². The lowest BCUT2D eigenvalue weighted by Crippen LogP contribution is -2.46. The van der Waals surface area contributed by atoms with Gasteiger partial charge >= 0.3 is 0 Å². The third-order valence-electron chi connectivity index (χ3n) is 5.40. The Morgan fingerprint density at radius 1 is 1.19 bits per heavy atom. The minimum atomic E-state index is -0.343. The molecule has 3 rings (SSSR count). The molecule has 1 aliphatic carbocycles. The Morgan fingerprint density at radius 2 is 1.93 bits per heavy atom. The molecule has 1 unspecified atom stereocenters. The molecule has 27 heavy (non-hydrogen) atoms. The van der Waals surface area contributed by atoms with Crippen molar-refractivity contribution in [2.75, 3.05) is 17.2 Å². The van der Waals surface area contributed by atoms with Crippen LogP contribution in [-0.2, 0) is 14.4 Å². The van der Waals surface area contributed by atoms with Gasteiger partial charge in [-0.2, -0.15) is 0 Å². The van der Waals surface area contributed by atoms with Crippen LogP contribution < -0.4 is 10.2 Å². The number of benzene rings is 1. The third-order valence-corrected chi connectivity index (χ3v) is 6.46. The lowest BCUT2D eigenvalue weighted by molar-refractivity contribution is -0.126. The maximum atomic E-state index is 13.2. The quantitative estimate of drug-likeness (QED) is 0.840. The Hall–Kier alpha value is -1.82. The smallest absolute Gasteiger partial charge is 0.240 e. The third kappa shape index (κ3) is 5.12. The van der Waals surface area contributed by atoms with Gasteiger partial charge in [0, 0.05) is 23.9 Å². The summed E-state index contributed by atoms with van der Waals surface area (Å²) >= 11 is 1.21. The second kappa shape index (κ2) is 8.91. The van der Waals surface area contributed by atoms with Crippen LogP contribution in [0, 0.1) is 19.8 Å². The Balaban J connectivity index is 1.78. The lowest BCUT2D eigenvalue weighted by atomic mass is 9.95.